The Morgan fingerprint density at radius 3 is 2.56 bits per heavy atom. The van der Waals surface area contributed by atoms with Gasteiger partial charge in [0.15, 0.2) is 6.61 Å². The van der Waals surface area contributed by atoms with Gasteiger partial charge >= 0.3 is 5.97 Å². The van der Waals surface area contributed by atoms with Crippen LogP contribution in [0.1, 0.15) is 50.2 Å². The number of nitrogens with zero attached hydrogens (tertiary/aromatic N) is 1. The molecule has 1 atom stereocenters. The molecule has 2 aromatic carbocycles. The molecule has 2 amide bonds. The van der Waals surface area contributed by atoms with E-state index in [1.54, 1.807) is 24.6 Å². The standard InChI is InChI=1S/C30H27N3O5S/c1-18-14-20(16-19-9-11-21(37-2)12-10-19)28-23(15-18)27(22-6-3-4-7-24(22)31-28)30(36)38-17-26(34)32-33-29(35)25-8-5-13-39-25/h3-13,16,18H,14-15,17H2,1-2H3,(H,32,34)(H,33,35)/b20-16+. The second kappa shape index (κ2) is 11.5. The maximum absolute atomic E-state index is 13.5. The molecule has 5 rings (SSSR count). The molecule has 1 unspecified atom stereocenters. The average molecular weight is 542 g/mol. The zero-order chi connectivity index (χ0) is 27.4. The van der Waals surface area contributed by atoms with Gasteiger partial charge in [-0.2, -0.15) is 0 Å². The topological polar surface area (TPSA) is 107 Å². The molecule has 39 heavy (non-hydrogen) atoms. The molecule has 8 nitrogen and oxygen atoms in total. The van der Waals surface area contributed by atoms with Crippen molar-refractivity contribution in [1.82, 2.24) is 15.8 Å². The number of hydrogen-bond acceptors (Lipinski definition) is 7. The summed E-state index contributed by atoms with van der Waals surface area (Å²) in [4.78, 5) is 43.2. The van der Waals surface area contributed by atoms with E-state index in [1.807, 2.05) is 48.5 Å². The largest absolute Gasteiger partial charge is 0.497 e. The van der Waals surface area contributed by atoms with E-state index >= 15 is 0 Å². The predicted molar refractivity (Wildman–Crippen MR) is 150 cm³/mol. The van der Waals surface area contributed by atoms with E-state index in [9.17, 15) is 14.4 Å². The van der Waals surface area contributed by atoms with Crippen LogP contribution in [0.25, 0.3) is 22.6 Å². The molecule has 4 aromatic rings. The minimum atomic E-state index is -0.644. The number of methoxy groups -OCH3 is 1. The number of carbonyl (C=O) groups is 3. The lowest BCUT2D eigenvalue weighted by Crippen LogP contribution is -2.43. The number of esters is 1. The normalized spacial score (nSPS) is 15.4. The van der Waals surface area contributed by atoms with E-state index in [0.717, 1.165) is 34.6 Å². The maximum atomic E-state index is 13.5. The van der Waals surface area contributed by atoms with Crippen molar-refractivity contribution in [3.8, 4) is 5.75 Å². The summed E-state index contributed by atoms with van der Waals surface area (Å²) >= 11 is 1.25. The van der Waals surface area contributed by atoms with E-state index in [4.69, 9.17) is 14.5 Å². The lowest BCUT2D eigenvalue weighted by Gasteiger charge is -2.26. The van der Waals surface area contributed by atoms with Crippen LogP contribution in [0.2, 0.25) is 0 Å². The number of benzene rings is 2. The van der Waals surface area contributed by atoms with Gasteiger partial charge in [-0.05, 0) is 71.2 Å². The van der Waals surface area contributed by atoms with Crippen molar-refractivity contribution in [3.05, 3.63) is 93.3 Å². The number of aromatic nitrogens is 1. The second-order valence-corrected chi connectivity index (χ2v) is 10.3. The lowest BCUT2D eigenvalue weighted by atomic mass is 9.80. The number of thiophene rings is 1. The molecule has 0 saturated heterocycles. The van der Waals surface area contributed by atoms with Crippen LogP contribution in [-0.2, 0) is 16.0 Å². The summed E-state index contributed by atoms with van der Waals surface area (Å²) < 4.78 is 10.7. The number of allylic oxidation sites excluding steroid dienone is 1. The van der Waals surface area contributed by atoms with Crippen molar-refractivity contribution >= 4 is 51.7 Å². The highest BCUT2D eigenvalue weighted by Gasteiger charge is 2.29. The number of hydrogen-bond donors (Lipinski definition) is 2. The van der Waals surface area contributed by atoms with Crippen molar-refractivity contribution < 1.29 is 23.9 Å². The van der Waals surface area contributed by atoms with Crippen LogP contribution < -0.4 is 15.6 Å². The Hall–Kier alpha value is -4.50. The molecular formula is C30H27N3O5S. The number of nitrogens with one attached hydrogen (secondary N) is 2. The third kappa shape index (κ3) is 5.83. The lowest BCUT2D eigenvalue weighted by molar-refractivity contribution is -0.125. The van der Waals surface area contributed by atoms with Crippen LogP contribution in [-0.4, -0.2) is 36.5 Å². The molecule has 0 spiro atoms. The first-order chi connectivity index (χ1) is 18.9. The SMILES string of the molecule is COc1ccc(/C=C2\CC(C)Cc3c2nc2ccccc2c3C(=O)OCC(=O)NNC(=O)c2cccs2)cc1. The quantitative estimate of drug-likeness (QED) is 0.262. The van der Waals surface area contributed by atoms with E-state index in [2.05, 4.69) is 23.9 Å². The summed E-state index contributed by atoms with van der Waals surface area (Å²) in [6, 6.07) is 18.6. The number of rotatable bonds is 6. The molecule has 9 heteroatoms. The molecule has 198 valence electrons. The van der Waals surface area contributed by atoms with E-state index in [1.165, 1.54) is 11.3 Å². The fraction of sp³-hybridized carbons (Fsp3) is 0.200. The molecule has 2 N–H and O–H groups in total. The fourth-order valence-corrected chi connectivity index (χ4v) is 5.32. The Kier molecular flexibility index (Phi) is 7.69. The molecule has 0 aliphatic heterocycles. The van der Waals surface area contributed by atoms with Crippen LogP contribution in [0.5, 0.6) is 5.75 Å². The number of ether oxygens (including phenoxy) is 2. The van der Waals surface area contributed by atoms with Crippen molar-refractivity contribution in [2.24, 2.45) is 5.92 Å². The van der Waals surface area contributed by atoms with Crippen LogP contribution >= 0.6 is 11.3 Å². The van der Waals surface area contributed by atoms with Gasteiger partial charge in [0.1, 0.15) is 5.75 Å². The van der Waals surface area contributed by atoms with Crippen molar-refractivity contribution in [2.45, 2.75) is 19.8 Å². The van der Waals surface area contributed by atoms with Crippen LogP contribution in [0.3, 0.4) is 0 Å². The van der Waals surface area contributed by atoms with Gasteiger partial charge in [0.05, 0.1) is 28.8 Å². The summed E-state index contributed by atoms with van der Waals surface area (Å²) in [5.41, 5.74) is 9.31. The van der Waals surface area contributed by atoms with Gasteiger partial charge in [-0.3, -0.25) is 20.4 Å². The average Bonchev–Trinajstić information content (AvgIpc) is 3.49. The summed E-state index contributed by atoms with van der Waals surface area (Å²) in [7, 11) is 1.63. The van der Waals surface area contributed by atoms with Crippen LogP contribution in [0.4, 0.5) is 0 Å². The molecular weight excluding hydrogens is 514 g/mol. The molecule has 1 aliphatic rings. The highest BCUT2D eigenvalue weighted by molar-refractivity contribution is 7.12. The summed E-state index contributed by atoms with van der Waals surface area (Å²) in [5.74, 6) is -0.647. The summed E-state index contributed by atoms with van der Waals surface area (Å²) in [5, 5.41) is 2.43. The monoisotopic (exact) mass is 541 g/mol. The van der Waals surface area contributed by atoms with Crippen LogP contribution in [0, 0.1) is 5.92 Å². The molecule has 2 aromatic heterocycles. The summed E-state index contributed by atoms with van der Waals surface area (Å²) in [6.07, 6.45) is 3.56. The van der Waals surface area contributed by atoms with Gasteiger partial charge in [-0.1, -0.05) is 43.3 Å². The Balaban J connectivity index is 1.41. The van der Waals surface area contributed by atoms with Gasteiger partial charge in [0, 0.05) is 5.39 Å². The highest BCUT2D eigenvalue weighted by atomic mass is 32.1. The highest BCUT2D eigenvalue weighted by Crippen LogP contribution is 2.38. The van der Waals surface area contributed by atoms with Gasteiger partial charge in [-0.25, -0.2) is 9.78 Å². The van der Waals surface area contributed by atoms with E-state index < -0.39 is 24.4 Å². The molecule has 0 saturated carbocycles. The first-order valence-electron chi connectivity index (χ1n) is 12.5. The van der Waals surface area contributed by atoms with E-state index in [-0.39, 0.29) is 5.92 Å². The first-order valence-corrected chi connectivity index (χ1v) is 13.4. The van der Waals surface area contributed by atoms with Crippen molar-refractivity contribution in [1.29, 1.82) is 0 Å². The smallest absolute Gasteiger partial charge is 0.339 e. The molecule has 0 radical (unpaired) electrons. The Morgan fingerprint density at radius 2 is 1.82 bits per heavy atom. The first kappa shape index (κ1) is 26.1. The fourth-order valence-electron chi connectivity index (χ4n) is 4.71. The Bertz CT molecular complexity index is 1560. The third-order valence-electron chi connectivity index (χ3n) is 6.47. The number of hydrazine groups is 1. The minimum Gasteiger partial charge on any atom is -0.497 e. The Labute approximate surface area is 229 Å². The molecule has 1 aliphatic carbocycles. The van der Waals surface area contributed by atoms with Gasteiger partial charge in [0.2, 0.25) is 0 Å². The summed E-state index contributed by atoms with van der Waals surface area (Å²) in [6.45, 7) is 1.60. The number of fused-ring (bicyclic) bond motifs is 2. The van der Waals surface area contributed by atoms with Crippen molar-refractivity contribution in [3.63, 3.8) is 0 Å². The third-order valence-corrected chi connectivity index (χ3v) is 7.34. The second-order valence-electron chi connectivity index (χ2n) is 9.34. The number of carbonyl (C=O) groups excluding carboxylic acids is 3. The van der Waals surface area contributed by atoms with E-state index in [0.29, 0.717) is 27.8 Å². The van der Waals surface area contributed by atoms with Gasteiger partial charge in [-0.15, -0.1) is 11.3 Å². The molecule has 0 fully saturated rings. The van der Waals surface area contributed by atoms with Gasteiger partial charge < -0.3 is 9.47 Å². The predicted octanol–water partition coefficient (Wildman–Crippen LogP) is 5.05. The number of amides is 2. The minimum absolute atomic E-state index is 0.271. The molecule has 2 heterocycles. The van der Waals surface area contributed by atoms with Gasteiger partial charge in [0.25, 0.3) is 11.8 Å². The molecule has 0 bridgehead atoms. The number of para-hydroxylation sites is 1. The van der Waals surface area contributed by atoms with Crippen molar-refractivity contribution in [2.75, 3.05) is 13.7 Å². The zero-order valence-corrected chi connectivity index (χ0v) is 22.3. The maximum Gasteiger partial charge on any atom is 0.339 e. The Morgan fingerprint density at radius 1 is 1.03 bits per heavy atom. The van der Waals surface area contributed by atoms with Crippen LogP contribution in [0.15, 0.2) is 66.0 Å². The zero-order valence-electron chi connectivity index (χ0n) is 21.5. The number of pyridine rings is 1.